The minimum Gasteiger partial charge on any atom is -0.466 e. The molecular formula is C15H17BrN2O3. The molecule has 0 aliphatic carbocycles. The van der Waals surface area contributed by atoms with Gasteiger partial charge in [-0.05, 0) is 18.6 Å². The molecule has 21 heavy (non-hydrogen) atoms. The standard InChI is InChI=1S/C15H17BrN2O3/c1-9-12(14(19)21-4)13(18(3)15(20)17(9)2)10-7-5-6-8-11(10)16/h5-8,13H,1-4H3/t13-/m1/s1. The second kappa shape index (κ2) is 5.89. The highest BCUT2D eigenvalue weighted by molar-refractivity contribution is 9.10. The van der Waals surface area contributed by atoms with Gasteiger partial charge < -0.3 is 14.5 Å². The van der Waals surface area contributed by atoms with Crippen LogP contribution in [0.25, 0.3) is 0 Å². The summed E-state index contributed by atoms with van der Waals surface area (Å²) >= 11 is 3.49. The third-order valence-corrected chi connectivity index (χ3v) is 4.47. The van der Waals surface area contributed by atoms with Crippen molar-refractivity contribution in [2.75, 3.05) is 21.2 Å². The number of carbonyl (C=O) groups excluding carboxylic acids is 2. The van der Waals surface area contributed by atoms with Gasteiger partial charge >= 0.3 is 12.0 Å². The van der Waals surface area contributed by atoms with E-state index >= 15 is 0 Å². The molecule has 112 valence electrons. The fourth-order valence-corrected chi connectivity index (χ4v) is 2.99. The van der Waals surface area contributed by atoms with Crippen LogP contribution >= 0.6 is 15.9 Å². The van der Waals surface area contributed by atoms with Gasteiger partial charge in [0.15, 0.2) is 0 Å². The summed E-state index contributed by atoms with van der Waals surface area (Å²) in [4.78, 5) is 27.5. The molecule has 2 rings (SSSR count). The smallest absolute Gasteiger partial charge is 0.337 e. The summed E-state index contributed by atoms with van der Waals surface area (Å²) < 4.78 is 5.75. The van der Waals surface area contributed by atoms with Gasteiger partial charge in [-0.15, -0.1) is 0 Å². The number of ether oxygens (including phenoxy) is 1. The highest BCUT2D eigenvalue weighted by atomic mass is 79.9. The van der Waals surface area contributed by atoms with E-state index in [0.717, 1.165) is 10.0 Å². The van der Waals surface area contributed by atoms with Crippen molar-refractivity contribution < 1.29 is 14.3 Å². The van der Waals surface area contributed by atoms with E-state index in [0.29, 0.717) is 11.3 Å². The second-order valence-corrected chi connectivity index (χ2v) is 5.72. The van der Waals surface area contributed by atoms with Gasteiger partial charge in [-0.3, -0.25) is 0 Å². The third kappa shape index (κ3) is 2.55. The summed E-state index contributed by atoms with van der Waals surface area (Å²) in [7, 11) is 4.67. The van der Waals surface area contributed by atoms with Crippen LogP contribution < -0.4 is 0 Å². The number of esters is 1. The summed E-state index contributed by atoms with van der Waals surface area (Å²) in [6.07, 6.45) is 0. The number of hydrogen-bond acceptors (Lipinski definition) is 3. The van der Waals surface area contributed by atoms with Crippen molar-refractivity contribution in [2.24, 2.45) is 0 Å². The molecule has 1 aliphatic rings. The zero-order chi connectivity index (χ0) is 15.7. The molecule has 2 amide bonds. The van der Waals surface area contributed by atoms with Gasteiger partial charge in [0, 0.05) is 24.3 Å². The molecule has 0 saturated carbocycles. The van der Waals surface area contributed by atoms with Crippen LogP contribution in [0.3, 0.4) is 0 Å². The first-order valence-corrected chi connectivity index (χ1v) is 7.23. The summed E-state index contributed by atoms with van der Waals surface area (Å²) in [5.41, 5.74) is 1.92. The molecule has 0 N–H and O–H groups in total. The Bertz CT molecular complexity index is 627. The minimum atomic E-state index is -0.475. The fraction of sp³-hybridized carbons (Fsp3) is 0.333. The van der Waals surface area contributed by atoms with E-state index in [1.807, 2.05) is 24.3 Å². The van der Waals surface area contributed by atoms with Gasteiger partial charge in [-0.25, -0.2) is 9.59 Å². The van der Waals surface area contributed by atoms with Crippen LogP contribution in [-0.4, -0.2) is 43.0 Å². The Morgan fingerprint density at radius 3 is 2.48 bits per heavy atom. The molecule has 0 unspecified atom stereocenters. The Morgan fingerprint density at radius 2 is 1.90 bits per heavy atom. The number of rotatable bonds is 2. The second-order valence-electron chi connectivity index (χ2n) is 4.87. The van der Waals surface area contributed by atoms with Crippen LogP contribution in [-0.2, 0) is 9.53 Å². The predicted molar refractivity (Wildman–Crippen MR) is 82.5 cm³/mol. The molecular weight excluding hydrogens is 336 g/mol. The average molecular weight is 353 g/mol. The zero-order valence-corrected chi connectivity index (χ0v) is 14.0. The highest BCUT2D eigenvalue weighted by Gasteiger charge is 2.39. The number of allylic oxidation sites excluding steroid dienone is 1. The third-order valence-electron chi connectivity index (χ3n) is 3.75. The normalized spacial score (nSPS) is 19.1. The van der Waals surface area contributed by atoms with Crippen molar-refractivity contribution >= 4 is 27.9 Å². The van der Waals surface area contributed by atoms with Gasteiger partial charge in [-0.2, -0.15) is 0 Å². The molecule has 0 saturated heterocycles. The summed E-state index contributed by atoms with van der Waals surface area (Å²) in [5.74, 6) is -0.431. The van der Waals surface area contributed by atoms with Crippen molar-refractivity contribution in [1.82, 2.24) is 9.80 Å². The Hall–Kier alpha value is -1.82. The van der Waals surface area contributed by atoms with Gasteiger partial charge in [0.2, 0.25) is 0 Å². The number of halogens is 1. The largest absolute Gasteiger partial charge is 0.466 e. The number of methoxy groups -OCH3 is 1. The Kier molecular flexibility index (Phi) is 4.37. The first-order valence-electron chi connectivity index (χ1n) is 6.44. The molecule has 1 heterocycles. The summed E-state index contributed by atoms with van der Waals surface area (Å²) in [5, 5.41) is 0. The van der Waals surface area contributed by atoms with Gasteiger partial charge in [0.25, 0.3) is 0 Å². The predicted octanol–water partition coefficient (Wildman–Crippen LogP) is 2.93. The topological polar surface area (TPSA) is 49.9 Å². The summed E-state index contributed by atoms with van der Waals surface area (Å²) in [6, 6.07) is 6.90. The first-order chi connectivity index (χ1) is 9.90. The molecule has 6 heteroatoms. The Balaban J connectivity index is 2.67. The lowest BCUT2D eigenvalue weighted by Gasteiger charge is -2.39. The van der Waals surface area contributed by atoms with E-state index in [-0.39, 0.29) is 6.03 Å². The number of hydrogen-bond donors (Lipinski definition) is 0. The SMILES string of the molecule is COC(=O)C1=C(C)N(C)C(=O)N(C)[C@@H]1c1ccccc1Br. The van der Waals surface area contributed by atoms with Crippen LogP contribution in [0.4, 0.5) is 4.79 Å². The van der Waals surface area contributed by atoms with Crippen molar-refractivity contribution in [3.05, 3.63) is 45.6 Å². The fourth-order valence-electron chi connectivity index (χ4n) is 2.49. The molecule has 1 aliphatic heterocycles. The van der Waals surface area contributed by atoms with Crippen LogP contribution in [0, 0.1) is 0 Å². The highest BCUT2D eigenvalue weighted by Crippen LogP contribution is 2.38. The zero-order valence-electron chi connectivity index (χ0n) is 12.4. The molecule has 1 atom stereocenters. The lowest BCUT2D eigenvalue weighted by atomic mass is 9.94. The average Bonchev–Trinajstić information content (AvgIpc) is 2.49. The molecule has 5 nitrogen and oxygen atoms in total. The number of urea groups is 1. The van der Waals surface area contributed by atoms with Crippen molar-refractivity contribution in [1.29, 1.82) is 0 Å². The van der Waals surface area contributed by atoms with Gasteiger partial charge in [0.1, 0.15) is 0 Å². The van der Waals surface area contributed by atoms with E-state index in [2.05, 4.69) is 15.9 Å². The van der Waals surface area contributed by atoms with Gasteiger partial charge in [0.05, 0.1) is 18.7 Å². The van der Waals surface area contributed by atoms with E-state index in [1.165, 1.54) is 12.0 Å². The van der Waals surface area contributed by atoms with Crippen LogP contribution in [0.15, 0.2) is 40.0 Å². The van der Waals surface area contributed by atoms with Crippen LogP contribution in [0.5, 0.6) is 0 Å². The lowest BCUT2D eigenvalue weighted by molar-refractivity contribution is -0.137. The Labute approximate surface area is 132 Å². The van der Waals surface area contributed by atoms with E-state index in [1.54, 1.807) is 25.9 Å². The molecule has 1 aromatic rings. The number of amides is 2. The molecule has 0 fully saturated rings. The van der Waals surface area contributed by atoms with Gasteiger partial charge in [-0.1, -0.05) is 34.1 Å². The molecule has 0 spiro atoms. The van der Waals surface area contributed by atoms with E-state index < -0.39 is 12.0 Å². The summed E-state index contributed by atoms with van der Waals surface area (Å²) in [6.45, 7) is 1.75. The number of benzene rings is 1. The number of carbonyl (C=O) groups is 2. The maximum absolute atomic E-state index is 12.3. The molecule has 0 aromatic heterocycles. The maximum Gasteiger partial charge on any atom is 0.337 e. The van der Waals surface area contributed by atoms with E-state index in [9.17, 15) is 9.59 Å². The molecule has 0 radical (unpaired) electrons. The van der Waals surface area contributed by atoms with E-state index in [4.69, 9.17) is 4.74 Å². The number of nitrogens with zero attached hydrogens (tertiary/aromatic N) is 2. The van der Waals surface area contributed by atoms with Crippen molar-refractivity contribution in [2.45, 2.75) is 13.0 Å². The van der Waals surface area contributed by atoms with Crippen LogP contribution in [0.2, 0.25) is 0 Å². The molecule has 1 aromatic carbocycles. The van der Waals surface area contributed by atoms with Crippen LogP contribution in [0.1, 0.15) is 18.5 Å². The maximum atomic E-state index is 12.3. The minimum absolute atomic E-state index is 0.166. The first kappa shape index (κ1) is 15.6. The lowest BCUT2D eigenvalue weighted by Crippen LogP contribution is -2.47. The quantitative estimate of drug-likeness (QED) is 0.769. The monoisotopic (exact) mass is 352 g/mol. The Morgan fingerprint density at radius 1 is 1.29 bits per heavy atom. The number of likely N-dealkylation sites (N-methyl/N-ethyl adjacent to an activating group) is 1. The van der Waals surface area contributed by atoms with Crippen molar-refractivity contribution in [3.8, 4) is 0 Å². The molecule has 0 bridgehead atoms. The van der Waals surface area contributed by atoms with Crippen molar-refractivity contribution in [3.63, 3.8) is 0 Å².